The fraction of sp³-hybridized carbons (Fsp3) is 0.353. The van der Waals surface area contributed by atoms with Crippen LogP contribution in [0.5, 0.6) is 0 Å². The average molecular weight is 365 g/mol. The van der Waals surface area contributed by atoms with Crippen molar-refractivity contribution < 1.29 is 18.4 Å². The Bertz CT molecular complexity index is 789. The fourth-order valence-electron chi connectivity index (χ4n) is 2.91. The predicted molar refractivity (Wildman–Crippen MR) is 90.5 cm³/mol. The molecule has 3 rings (SSSR count). The number of piperidine rings is 1. The van der Waals surface area contributed by atoms with Crippen LogP contribution >= 0.6 is 11.3 Å². The van der Waals surface area contributed by atoms with Crippen LogP contribution in [0.2, 0.25) is 0 Å². The van der Waals surface area contributed by atoms with Gasteiger partial charge in [-0.15, -0.1) is 11.3 Å². The Morgan fingerprint density at radius 3 is 2.60 bits per heavy atom. The predicted octanol–water partition coefficient (Wildman–Crippen LogP) is 3.36. The van der Waals surface area contributed by atoms with Crippen LogP contribution in [-0.2, 0) is 4.79 Å². The Hall–Kier alpha value is -2.35. The molecule has 1 aromatic carbocycles. The molecule has 0 aliphatic carbocycles. The van der Waals surface area contributed by atoms with Crippen molar-refractivity contribution >= 4 is 28.8 Å². The zero-order chi connectivity index (χ0) is 18.0. The number of hydrogen-bond donors (Lipinski definition) is 1. The zero-order valence-corrected chi connectivity index (χ0v) is 14.4. The van der Waals surface area contributed by atoms with Crippen molar-refractivity contribution in [1.29, 1.82) is 0 Å². The first kappa shape index (κ1) is 17.5. The highest BCUT2D eigenvalue weighted by Gasteiger charge is 2.33. The van der Waals surface area contributed by atoms with Crippen molar-refractivity contribution in [3.63, 3.8) is 0 Å². The summed E-state index contributed by atoms with van der Waals surface area (Å²) < 4.78 is 26.6. The van der Waals surface area contributed by atoms with Crippen LogP contribution in [-0.4, -0.2) is 34.3 Å². The lowest BCUT2D eigenvalue weighted by molar-refractivity contribution is -0.121. The number of nitrogens with one attached hydrogen (secondary N) is 1. The standard InChI is InChI=1S/C17H17F2N3O2S/c1-10-20-14(9-25-10)17(24)22-5-3-2-4-15(22)16(23)21-13-7-11(18)6-12(19)8-13/h6-9,15H,2-5H2,1H3,(H,21,23). The van der Waals surface area contributed by atoms with E-state index in [9.17, 15) is 18.4 Å². The van der Waals surface area contributed by atoms with Gasteiger partial charge in [-0.2, -0.15) is 0 Å². The first-order chi connectivity index (χ1) is 11.9. The number of thiazole rings is 1. The lowest BCUT2D eigenvalue weighted by Crippen LogP contribution is -2.50. The summed E-state index contributed by atoms with van der Waals surface area (Å²) in [5, 5.41) is 4.95. The van der Waals surface area contributed by atoms with E-state index < -0.39 is 23.6 Å². The maximum atomic E-state index is 13.3. The lowest BCUT2D eigenvalue weighted by atomic mass is 10.0. The minimum atomic E-state index is -0.773. The third kappa shape index (κ3) is 4.01. The maximum absolute atomic E-state index is 13.3. The number of aromatic nitrogens is 1. The number of benzene rings is 1. The molecule has 0 bridgehead atoms. The number of likely N-dealkylation sites (tertiary alicyclic amines) is 1. The van der Waals surface area contributed by atoms with E-state index in [1.54, 1.807) is 12.3 Å². The van der Waals surface area contributed by atoms with E-state index >= 15 is 0 Å². The molecule has 5 nitrogen and oxygen atoms in total. The summed E-state index contributed by atoms with van der Waals surface area (Å²) in [6.07, 6.45) is 2.10. The van der Waals surface area contributed by atoms with Gasteiger partial charge >= 0.3 is 0 Å². The van der Waals surface area contributed by atoms with E-state index in [4.69, 9.17) is 0 Å². The van der Waals surface area contributed by atoms with Gasteiger partial charge in [0.1, 0.15) is 23.4 Å². The van der Waals surface area contributed by atoms with Gasteiger partial charge in [-0.3, -0.25) is 9.59 Å². The number of carbonyl (C=O) groups is 2. The summed E-state index contributed by atoms with van der Waals surface area (Å²) >= 11 is 1.37. The lowest BCUT2D eigenvalue weighted by Gasteiger charge is -2.34. The number of halogens is 2. The van der Waals surface area contributed by atoms with E-state index in [-0.39, 0.29) is 11.6 Å². The SMILES string of the molecule is Cc1nc(C(=O)N2CCCCC2C(=O)Nc2cc(F)cc(F)c2)cs1. The number of anilines is 1. The summed E-state index contributed by atoms with van der Waals surface area (Å²) in [6.45, 7) is 2.26. The molecule has 2 heterocycles. The molecule has 132 valence electrons. The van der Waals surface area contributed by atoms with E-state index in [1.165, 1.54) is 16.2 Å². The van der Waals surface area contributed by atoms with E-state index in [0.29, 0.717) is 18.7 Å². The van der Waals surface area contributed by atoms with Crippen LogP contribution in [0.4, 0.5) is 14.5 Å². The number of amides is 2. The Morgan fingerprint density at radius 1 is 1.24 bits per heavy atom. The molecular formula is C17H17F2N3O2S. The van der Waals surface area contributed by atoms with Crippen molar-refractivity contribution in [3.8, 4) is 0 Å². The Labute approximate surface area is 147 Å². The van der Waals surface area contributed by atoms with Crippen molar-refractivity contribution in [3.05, 3.63) is 45.9 Å². The van der Waals surface area contributed by atoms with Crippen LogP contribution in [0.1, 0.15) is 34.8 Å². The van der Waals surface area contributed by atoms with E-state index in [2.05, 4.69) is 10.3 Å². The van der Waals surface area contributed by atoms with Crippen LogP contribution in [0.3, 0.4) is 0 Å². The first-order valence-electron chi connectivity index (χ1n) is 7.94. The second-order valence-electron chi connectivity index (χ2n) is 5.91. The summed E-state index contributed by atoms with van der Waals surface area (Å²) in [5.74, 6) is -2.30. The quantitative estimate of drug-likeness (QED) is 0.907. The topological polar surface area (TPSA) is 62.3 Å². The van der Waals surface area contributed by atoms with Gasteiger partial charge in [0.05, 0.1) is 5.01 Å². The highest BCUT2D eigenvalue weighted by atomic mass is 32.1. The third-order valence-corrected chi connectivity index (χ3v) is 4.81. The molecule has 1 atom stereocenters. The van der Waals surface area contributed by atoms with Crippen molar-refractivity contribution in [2.75, 3.05) is 11.9 Å². The van der Waals surface area contributed by atoms with Crippen LogP contribution in [0, 0.1) is 18.6 Å². The van der Waals surface area contributed by atoms with Gasteiger partial charge < -0.3 is 10.2 Å². The third-order valence-electron chi connectivity index (χ3n) is 4.03. The molecular weight excluding hydrogens is 348 g/mol. The van der Waals surface area contributed by atoms with Crippen molar-refractivity contribution in [2.24, 2.45) is 0 Å². The van der Waals surface area contributed by atoms with Gasteiger partial charge in [0.25, 0.3) is 5.91 Å². The molecule has 1 aromatic heterocycles. The van der Waals surface area contributed by atoms with Gasteiger partial charge in [-0.25, -0.2) is 13.8 Å². The summed E-state index contributed by atoms with van der Waals surface area (Å²) in [4.78, 5) is 30.9. The van der Waals surface area contributed by atoms with Crippen LogP contribution in [0.25, 0.3) is 0 Å². The first-order valence-corrected chi connectivity index (χ1v) is 8.82. The number of hydrogen-bond acceptors (Lipinski definition) is 4. The highest BCUT2D eigenvalue weighted by molar-refractivity contribution is 7.09. The Balaban J connectivity index is 1.78. The molecule has 0 spiro atoms. The summed E-state index contributed by atoms with van der Waals surface area (Å²) in [7, 11) is 0. The monoisotopic (exact) mass is 365 g/mol. The smallest absolute Gasteiger partial charge is 0.274 e. The van der Waals surface area contributed by atoms with E-state index in [0.717, 1.165) is 36.0 Å². The number of aryl methyl sites for hydroxylation is 1. The van der Waals surface area contributed by atoms with Gasteiger partial charge in [0, 0.05) is 23.7 Å². The highest BCUT2D eigenvalue weighted by Crippen LogP contribution is 2.22. The van der Waals surface area contributed by atoms with Crippen LogP contribution < -0.4 is 5.32 Å². The van der Waals surface area contributed by atoms with Gasteiger partial charge in [0.2, 0.25) is 5.91 Å². The second-order valence-corrected chi connectivity index (χ2v) is 6.97. The second kappa shape index (κ2) is 7.26. The molecule has 0 radical (unpaired) electrons. The Morgan fingerprint density at radius 2 is 1.96 bits per heavy atom. The molecule has 1 aliphatic heterocycles. The molecule has 1 unspecified atom stereocenters. The maximum Gasteiger partial charge on any atom is 0.274 e. The zero-order valence-electron chi connectivity index (χ0n) is 13.6. The number of nitrogens with zero attached hydrogens (tertiary/aromatic N) is 2. The van der Waals surface area contributed by atoms with Gasteiger partial charge in [0.15, 0.2) is 0 Å². The molecule has 1 fully saturated rings. The number of rotatable bonds is 3. The molecule has 1 saturated heterocycles. The normalized spacial score (nSPS) is 17.4. The minimum absolute atomic E-state index is 0.0324. The number of carbonyl (C=O) groups excluding carboxylic acids is 2. The van der Waals surface area contributed by atoms with E-state index in [1.807, 2.05) is 0 Å². The molecule has 25 heavy (non-hydrogen) atoms. The fourth-order valence-corrected chi connectivity index (χ4v) is 3.49. The minimum Gasteiger partial charge on any atom is -0.325 e. The summed E-state index contributed by atoms with van der Waals surface area (Å²) in [5.41, 5.74) is 0.351. The molecule has 1 aliphatic rings. The van der Waals surface area contributed by atoms with Crippen LogP contribution in [0.15, 0.2) is 23.6 Å². The molecule has 0 saturated carbocycles. The van der Waals surface area contributed by atoms with Crippen molar-refractivity contribution in [2.45, 2.75) is 32.2 Å². The molecule has 8 heteroatoms. The molecule has 2 amide bonds. The van der Waals surface area contributed by atoms with Gasteiger partial charge in [-0.1, -0.05) is 0 Å². The average Bonchev–Trinajstić information content (AvgIpc) is 2.99. The van der Waals surface area contributed by atoms with Crippen molar-refractivity contribution in [1.82, 2.24) is 9.88 Å². The summed E-state index contributed by atoms with van der Waals surface area (Å²) in [6, 6.07) is 2.13. The molecule has 2 aromatic rings. The van der Waals surface area contributed by atoms with Gasteiger partial charge in [-0.05, 0) is 38.3 Å². The Kier molecular flexibility index (Phi) is 5.08. The largest absolute Gasteiger partial charge is 0.325 e. The molecule has 1 N–H and O–H groups in total.